The summed E-state index contributed by atoms with van der Waals surface area (Å²) in [6.07, 6.45) is 0.806. The molecule has 0 aliphatic heterocycles. The normalized spacial score (nSPS) is 12.4. The van der Waals surface area contributed by atoms with Crippen molar-refractivity contribution in [2.45, 2.75) is 33.2 Å². The van der Waals surface area contributed by atoms with Gasteiger partial charge in [-0.05, 0) is 43.5 Å². The van der Waals surface area contributed by atoms with Crippen molar-refractivity contribution in [2.75, 3.05) is 0 Å². The van der Waals surface area contributed by atoms with Gasteiger partial charge in [0.2, 0.25) is 0 Å². The van der Waals surface area contributed by atoms with Gasteiger partial charge in [0, 0.05) is 10.6 Å². The summed E-state index contributed by atoms with van der Waals surface area (Å²) in [6, 6.07) is 7.84. The Morgan fingerprint density at radius 1 is 1.25 bits per heavy atom. The molecule has 1 aromatic heterocycles. The molecule has 2 rings (SSSR count). The van der Waals surface area contributed by atoms with E-state index in [0.29, 0.717) is 0 Å². The van der Waals surface area contributed by atoms with Gasteiger partial charge in [0.15, 0.2) is 0 Å². The molecule has 106 valence electrons. The minimum atomic E-state index is -0.141. The van der Waals surface area contributed by atoms with Gasteiger partial charge in [-0.1, -0.05) is 30.7 Å². The van der Waals surface area contributed by atoms with Crippen molar-refractivity contribution in [3.63, 3.8) is 0 Å². The predicted octanol–water partition coefficient (Wildman–Crippen LogP) is 2.86. The number of hydrogen-bond donors (Lipinski definition) is 2. The molecule has 2 aromatic rings. The minimum Gasteiger partial charge on any atom is -0.271 e. The summed E-state index contributed by atoms with van der Waals surface area (Å²) in [4.78, 5) is 0. The van der Waals surface area contributed by atoms with Crippen LogP contribution in [0, 0.1) is 13.8 Å². The van der Waals surface area contributed by atoms with E-state index in [1.165, 1.54) is 0 Å². The molecule has 0 amide bonds. The summed E-state index contributed by atoms with van der Waals surface area (Å²) in [5, 5.41) is 9.10. The zero-order valence-electron chi connectivity index (χ0n) is 11.9. The molecule has 0 radical (unpaired) electrons. The van der Waals surface area contributed by atoms with Crippen LogP contribution in [0.5, 0.6) is 0 Å². The molecule has 1 aromatic carbocycles. The van der Waals surface area contributed by atoms with Crippen LogP contribution in [0.3, 0.4) is 0 Å². The Morgan fingerprint density at radius 2 is 2.00 bits per heavy atom. The lowest BCUT2D eigenvalue weighted by Crippen LogP contribution is -2.30. The van der Waals surface area contributed by atoms with Gasteiger partial charge in [-0.2, -0.15) is 10.2 Å². The maximum Gasteiger partial charge on any atom is 0.0729 e. The zero-order valence-corrected chi connectivity index (χ0v) is 12.7. The molecule has 0 saturated carbocycles. The SMILES string of the molecule is CCc1nnc(C)cc1C(NN)c1ccc(C)c(Cl)c1. The van der Waals surface area contributed by atoms with Gasteiger partial charge in [0.05, 0.1) is 17.4 Å². The molecule has 0 saturated heterocycles. The van der Waals surface area contributed by atoms with E-state index < -0.39 is 0 Å². The third-order valence-corrected chi connectivity index (χ3v) is 3.78. The van der Waals surface area contributed by atoms with Crippen molar-refractivity contribution in [3.8, 4) is 0 Å². The molecule has 0 aliphatic rings. The molecule has 0 bridgehead atoms. The van der Waals surface area contributed by atoms with E-state index in [4.69, 9.17) is 17.4 Å². The van der Waals surface area contributed by atoms with E-state index in [9.17, 15) is 0 Å². The first kappa shape index (κ1) is 14.9. The fourth-order valence-corrected chi connectivity index (χ4v) is 2.40. The van der Waals surface area contributed by atoms with Crippen molar-refractivity contribution < 1.29 is 0 Å². The molecule has 4 nitrogen and oxygen atoms in total. The highest BCUT2D eigenvalue weighted by Crippen LogP contribution is 2.27. The largest absolute Gasteiger partial charge is 0.271 e. The molecule has 1 unspecified atom stereocenters. The molecule has 20 heavy (non-hydrogen) atoms. The van der Waals surface area contributed by atoms with Crippen LogP contribution in [0.25, 0.3) is 0 Å². The summed E-state index contributed by atoms with van der Waals surface area (Å²) < 4.78 is 0. The van der Waals surface area contributed by atoms with Crippen molar-refractivity contribution in [1.29, 1.82) is 0 Å². The molecule has 1 atom stereocenters. The van der Waals surface area contributed by atoms with Gasteiger partial charge >= 0.3 is 0 Å². The van der Waals surface area contributed by atoms with Gasteiger partial charge in [0.25, 0.3) is 0 Å². The average Bonchev–Trinajstić information content (AvgIpc) is 2.44. The molecular weight excluding hydrogens is 272 g/mol. The lowest BCUT2D eigenvalue weighted by atomic mass is 9.96. The standard InChI is InChI=1S/C15H19ClN4/c1-4-14-12(7-10(3)19-20-14)15(18-17)11-6-5-9(2)13(16)8-11/h5-8,15,18H,4,17H2,1-3H3. The monoisotopic (exact) mass is 290 g/mol. The average molecular weight is 291 g/mol. The first-order chi connectivity index (χ1) is 9.56. The number of nitrogens with zero attached hydrogens (tertiary/aromatic N) is 2. The number of benzene rings is 1. The third kappa shape index (κ3) is 2.98. The second-order valence-corrected chi connectivity index (χ2v) is 5.26. The van der Waals surface area contributed by atoms with E-state index in [1.807, 2.05) is 38.1 Å². The quantitative estimate of drug-likeness (QED) is 0.671. The number of aromatic nitrogens is 2. The summed E-state index contributed by atoms with van der Waals surface area (Å²) in [5.41, 5.74) is 7.78. The number of nitrogens with two attached hydrogens (primary N) is 1. The lowest BCUT2D eigenvalue weighted by molar-refractivity contribution is 0.621. The van der Waals surface area contributed by atoms with Crippen LogP contribution >= 0.6 is 11.6 Å². The number of hydrogen-bond acceptors (Lipinski definition) is 4. The van der Waals surface area contributed by atoms with Gasteiger partial charge in [-0.25, -0.2) is 5.43 Å². The molecule has 5 heteroatoms. The molecule has 0 spiro atoms. The number of nitrogens with one attached hydrogen (secondary N) is 1. The summed E-state index contributed by atoms with van der Waals surface area (Å²) in [5.74, 6) is 5.76. The fraction of sp³-hybridized carbons (Fsp3) is 0.333. The van der Waals surface area contributed by atoms with Crippen LogP contribution in [0.2, 0.25) is 5.02 Å². The maximum atomic E-state index is 6.21. The number of hydrazine groups is 1. The van der Waals surface area contributed by atoms with E-state index in [1.54, 1.807) is 0 Å². The Bertz CT molecular complexity index is 613. The smallest absolute Gasteiger partial charge is 0.0729 e. The summed E-state index contributed by atoms with van der Waals surface area (Å²) >= 11 is 6.21. The van der Waals surface area contributed by atoms with Crippen LogP contribution in [0.15, 0.2) is 24.3 Å². The lowest BCUT2D eigenvalue weighted by Gasteiger charge is -2.20. The Labute approximate surface area is 124 Å². The van der Waals surface area contributed by atoms with E-state index in [2.05, 4.69) is 22.5 Å². The molecular formula is C15H19ClN4. The topological polar surface area (TPSA) is 63.8 Å². The Kier molecular flexibility index (Phi) is 4.70. The van der Waals surface area contributed by atoms with Gasteiger partial charge in [-0.3, -0.25) is 5.84 Å². The van der Waals surface area contributed by atoms with E-state index >= 15 is 0 Å². The molecule has 1 heterocycles. The van der Waals surface area contributed by atoms with Crippen molar-refractivity contribution in [3.05, 3.63) is 57.4 Å². The summed E-state index contributed by atoms with van der Waals surface area (Å²) in [6.45, 7) is 5.96. The van der Waals surface area contributed by atoms with Crippen LogP contribution < -0.4 is 11.3 Å². The molecule has 0 aliphatic carbocycles. The molecule has 3 N–H and O–H groups in total. The van der Waals surface area contributed by atoms with E-state index in [0.717, 1.165) is 39.5 Å². The number of rotatable bonds is 4. The fourth-order valence-electron chi connectivity index (χ4n) is 2.21. The van der Waals surface area contributed by atoms with Crippen LogP contribution in [-0.4, -0.2) is 10.2 Å². The zero-order chi connectivity index (χ0) is 14.7. The highest BCUT2D eigenvalue weighted by atomic mass is 35.5. The second-order valence-electron chi connectivity index (χ2n) is 4.85. The van der Waals surface area contributed by atoms with Crippen molar-refractivity contribution in [2.24, 2.45) is 5.84 Å². The first-order valence-corrected chi connectivity index (χ1v) is 6.99. The first-order valence-electron chi connectivity index (χ1n) is 6.62. The number of halogens is 1. The minimum absolute atomic E-state index is 0.141. The Hall–Kier alpha value is -1.49. The Morgan fingerprint density at radius 3 is 2.60 bits per heavy atom. The van der Waals surface area contributed by atoms with Crippen LogP contribution in [0.1, 0.15) is 41.0 Å². The van der Waals surface area contributed by atoms with E-state index in [-0.39, 0.29) is 6.04 Å². The maximum absolute atomic E-state index is 6.21. The second kappa shape index (κ2) is 6.31. The van der Waals surface area contributed by atoms with Crippen LogP contribution in [-0.2, 0) is 6.42 Å². The van der Waals surface area contributed by atoms with Crippen molar-refractivity contribution >= 4 is 11.6 Å². The van der Waals surface area contributed by atoms with Gasteiger partial charge in [0.1, 0.15) is 0 Å². The number of aryl methyl sites for hydroxylation is 3. The molecule has 0 fully saturated rings. The Balaban J connectivity index is 2.51. The van der Waals surface area contributed by atoms with Crippen molar-refractivity contribution in [1.82, 2.24) is 15.6 Å². The highest BCUT2D eigenvalue weighted by Gasteiger charge is 2.18. The van der Waals surface area contributed by atoms with Crippen LogP contribution in [0.4, 0.5) is 0 Å². The summed E-state index contributed by atoms with van der Waals surface area (Å²) in [7, 11) is 0. The van der Waals surface area contributed by atoms with Gasteiger partial charge < -0.3 is 0 Å². The predicted molar refractivity (Wildman–Crippen MR) is 81.5 cm³/mol. The van der Waals surface area contributed by atoms with Gasteiger partial charge in [-0.15, -0.1) is 0 Å². The third-order valence-electron chi connectivity index (χ3n) is 3.37. The highest BCUT2D eigenvalue weighted by molar-refractivity contribution is 6.31.